The van der Waals surface area contributed by atoms with E-state index in [4.69, 9.17) is 11.6 Å². The van der Waals surface area contributed by atoms with E-state index in [0.29, 0.717) is 34.9 Å². The number of carbonyl (C=O) groups is 1. The van der Waals surface area contributed by atoms with Gasteiger partial charge in [-0.3, -0.25) is 14.5 Å². The zero-order valence-corrected chi connectivity index (χ0v) is 18.0. The predicted octanol–water partition coefficient (Wildman–Crippen LogP) is 3.85. The molecule has 152 valence electrons. The molecule has 1 aromatic heterocycles. The molecule has 0 atom stereocenters. The number of aromatic nitrogens is 1. The molecular weight excluding hydrogens is 410 g/mol. The standard InChI is InChI=1S/C21H22ClN3O3S/c1-13-10-15(4-7-19(13)25-29(3,27)28)8-9-23-21(26)18-11-16-5-6-17(22)12-20(16)24-14(18)2/h4-7,10-12,25H,8-9H2,1-3H3,(H,23,26). The third kappa shape index (κ3) is 5.46. The number of pyridine rings is 1. The van der Waals surface area contributed by atoms with Crippen molar-refractivity contribution in [2.24, 2.45) is 0 Å². The first-order chi connectivity index (χ1) is 13.6. The molecule has 3 aromatic rings. The van der Waals surface area contributed by atoms with Crippen molar-refractivity contribution in [1.29, 1.82) is 0 Å². The lowest BCUT2D eigenvalue weighted by Gasteiger charge is -2.11. The van der Waals surface area contributed by atoms with Crippen LogP contribution in [0.4, 0.5) is 5.69 Å². The number of aryl methyl sites for hydroxylation is 2. The van der Waals surface area contributed by atoms with E-state index in [1.165, 1.54) is 0 Å². The average Bonchev–Trinajstić information content (AvgIpc) is 2.62. The van der Waals surface area contributed by atoms with E-state index in [1.54, 1.807) is 25.1 Å². The summed E-state index contributed by atoms with van der Waals surface area (Å²) in [4.78, 5) is 17.1. The van der Waals surface area contributed by atoms with Gasteiger partial charge >= 0.3 is 0 Å². The number of rotatable bonds is 6. The minimum atomic E-state index is -3.31. The first-order valence-corrected chi connectivity index (χ1v) is 11.3. The number of carbonyl (C=O) groups excluding carboxylic acids is 1. The zero-order valence-electron chi connectivity index (χ0n) is 16.4. The van der Waals surface area contributed by atoms with Crippen molar-refractivity contribution in [3.8, 4) is 0 Å². The molecule has 1 amide bonds. The van der Waals surface area contributed by atoms with Crippen LogP contribution in [-0.2, 0) is 16.4 Å². The van der Waals surface area contributed by atoms with E-state index in [9.17, 15) is 13.2 Å². The molecular formula is C21H22ClN3O3S. The van der Waals surface area contributed by atoms with Gasteiger partial charge in [-0.1, -0.05) is 29.8 Å². The number of hydrogen-bond acceptors (Lipinski definition) is 4. The summed E-state index contributed by atoms with van der Waals surface area (Å²) in [6, 6.07) is 12.7. The number of amides is 1. The number of hydrogen-bond donors (Lipinski definition) is 2. The van der Waals surface area contributed by atoms with Crippen LogP contribution in [0.2, 0.25) is 5.02 Å². The van der Waals surface area contributed by atoms with Gasteiger partial charge in [0, 0.05) is 17.0 Å². The molecule has 2 aromatic carbocycles. The molecule has 1 heterocycles. The molecule has 0 aliphatic rings. The van der Waals surface area contributed by atoms with Crippen molar-refractivity contribution in [2.45, 2.75) is 20.3 Å². The van der Waals surface area contributed by atoms with E-state index in [2.05, 4.69) is 15.0 Å². The van der Waals surface area contributed by atoms with Crippen molar-refractivity contribution < 1.29 is 13.2 Å². The van der Waals surface area contributed by atoms with Crippen molar-refractivity contribution in [1.82, 2.24) is 10.3 Å². The van der Waals surface area contributed by atoms with Crippen LogP contribution in [0, 0.1) is 13.8 Å². The maximum Gasteiger partial charge on any atom is 0.253 e. The molecule has 0 bridgehead atoms. The normalized spacial score (nSPS) is 11.4. The fourth-order valence-corrected chi connectivity index (χ4v) is 3.87. The van der Waals surface area contributed by atoms with E-state index >= 15 is 0 Å². The fourth-order valence-electron chi connectivity index (χ4n) is 3.08. The lowest BCUT2D eigenvalue weighted by Crippen LogP contribution is -2.26. The van der Waals surface area contributed by atoms with Gasteiger partial charge in [-0.25, -0.2) is 8.42 Å². The van der Waals surface area contributed by atoms with Crippen molar-refractivity contribution in [3.05, 3.63) is 69.9 Å². The summed E-state index contributed by atoms with van der Waals surface area (Å²) in [5.74, 6) is -0.182. The predicted molar refractivity (Wildman–Crippen MR) is 117 cm³/mol. The van der Waals surface area contributed by atoms with Crippen LogP contribution in [-0.4, -0.2) is 32.1 Å². The Kier molecular flexibility index (Phi) is 6.10. The Morgan fingerprint density at radius 3 is 2.55 bits per heavy atom. The van der Waals surface area contributed by atoms with Crippen LogP contribution in [0.5, 0.6) is 0 Å². The maximum atomic E-state index is 12.6. The molecule has 29 heavy (non-hydrogen) atoms. The molecule has 0 radical (unpaired) electrons. The van der Waals surface area contributed by atoms with Crippen LogP contribution in [0.3, 0.4) is 0 Å². The molecule has 0 spiro atoms. The fraction of sp³-hybridized carbons (Fsp3) is 0.238. The van der Waals surface area contributed by atoms with Gasteiger partial charge in [0.15, 0.2) is 0 Å². The number of nitrogens with zero attached hydrogens (tertiary/aromatic N) is 1. The first-order valence-electron chi connectivity index (χ1n) is 9.05. The Morgan fingerprint density at radius 1 is 1.10 bits per heavy atom. The number of anilines is 1. The number of halogens is 1. The summed E-state index contributed by atoms with van der Waals surface area (Å²) in [6.07, 6.45) is 1.75. The van der Waals surface area contributed by atoms with Gasteiger partial charge in [0.2, 0.25) is 10.0 Å². The van der Waals surface area contributed by atoms with Gasteiger partial charge in [0.05, 0.1) is 28.7 Å². The largest absolute Gasteiger partial charge is 0.352 e. The molecule has 0 aliphatic heterocycles. The minimum absolute atomic E-state index is 0.182. The van der Waals surface area contributed by atoms with Crippen molar-refractivity contribution in [2.75, 3.05) is 17.5 Å². The van der Waals surface area contributed by atoms with Crippen LogP contribution in [0.25, 0.3) is 10.9 Å². The monoisotopic (exact) mass is 431 g/mol. The highest BCUT2D eigenvalue weighted by Crippen LogP contribution is 2.21. The maximum absolute atomic E-state index is 12.6. The Labute approximate surface area is 175 Å². The second kappa shape index (κ2) is 8.39. The molecule has 0 unspecified atom stereocenters. The zero-order chi connectivity index (χ0) is 21.2. The molecule has 0 fully saturated rings. The molecule has 3 rings (SSSR count). The van der Waals surface area contributed by atoms with Gasteiger partial charge in [-0.05, 0) is 55.7 Å². The summed E-state index contributed by atoms with van der Waals surface area (Å²) in [7, 11) is -3.31. The van der Waals surface area contributed by atoms with Crippen molar-refractivity contribution >= 4 is 44.1 Å². The summed E-state index contributed by atoms with van der Waals surface area (Å²) in [5, 5.41) is 4.38. The summed E-state index contributed by atoms with van der Waals surface area (Å²) >= 11 is 6.00. The van der Waals surface area contributed by atoms with Crippen LogP contribution in [0.1, 0.15) is 27.2 Å². The minimum Gasteiger partial charge on any atom is -0.352 e. The van der Waals surface area contributed by atoms with Crippen molar-refractivity contribution in [3.63, 3.8) is 0 Å². The second-order valence-corrected chi connectivity index (χ2v) is 9.17. The Morgan fingerprint density at radius 2 is 1.86 bits per heavy atom. The Bertz CT molecular complexity index is 1190. The van der Waals surface area contributed by atoms with Crippen LogP contribution >= 0.6 is 11.6 Å². The summed E-state index contributed by atoms with van der Waals surface area (Å²) in [5.41, 5.74) is 4.31. The Hall–Kier alpha value is -2.64. The average molecular weight is 432 g/mol. The topological polar surface area (TPSA) is 88.2 Å². The lowest BCUT2D eigenvalue weighted by molar-refractivity contribution is 0.0953. The highest BCUT2D eigenvalue weighted by molar-refractivity contribution is 7.92. The van der Waals surface area contributed by atoms with Gasteiger partial charge < -0.3 is 5.32 Å². The second-order valence-electron chi connectivity index (χ2n) is 6.99. The van der Waals surface area contributed by atoms with Gasteiger partial charge in [-0.15, -0.1) is 0 Å². The number of sulfonamides is 1. The summed E-state index contributed by atoms with van der Waals surface area (Å²) in [6.45, 7) is 4.09. The molecule has 0 saturated heterocycles. The Balaban J connectivity index is 1.65. The third-order valence-corrected chi connectivity index (χ3v) is 5.33. The number of nitrogens with one attached hydrogen (secondary N) is 2. The molecule has 8 heteroatoms. The van der Waals surface area contributed by atoms with E-state index < -0.39 is 10.0 Å². The van der Waals surface area contributed by atoms with E-state index in [1.807, 2.05) is 31.2 Å². The van der Waals surface area contributed by atoms with Gasteiger partial charge in [0.25, 0.3) is 5.91 Å². The molecule has 6 nitrogen and oxygen atoms in total. The highest BCUT2D eigenvalue weighted by atomic mass is 35.5. The molecule has 0 saturated carbocycles. The van der Waals surface area contributed by atoms with E-state index in [0.717, 1.165) is 28.3 Å². The van der Waals surface area contributed by atoms with Crippen LogP contribution in [0.15, 0.2) is 42.5 Å². The molecule has 2 N–H and O–H groups in total. The summed E-state index contributed by atoms with van der Waals surface area (Å²) < 4.78 is 25.2. The number of benzene rings is 2. The SMILES string of the molecule is Cc1cc(CCNC(=O)c2cc3ccc(Cl)cc3nc2C)ccc1NS(C)(=O)=O. The van der Waals surface area contributed by atoms with Gasteiger partial charge in [0.1, 0.15) is 0 Å². The lowest BCUT2D eigenvalue weighted by atomic mass is 10.1. The van der Waals surface area contributed by atoms with Crippen LogP contribution < -0.4 is 10.0 Å². The number of fused-ring (bicyclic) bond motifs is 1. The molecule has 0 aliphatic carbocycles. The highest BCUT2D eigenvalue weighted by Gasteiger charge is 2.12. The van der Waals surface area contributed by atoms with E-state index in [-0.39, 0.29) is 5.91 Å². The van der Waals surface area contributed by atoms with Gasteiger partial charge in [-0.2, -0.15) is 0 Å². The quantitative estimate of drug-likeness (QED) is 0.620. The third-order valence-electron chi connectivity index (χ3n) is 4.50. The first kappa shape index (κ1) is 21.1. The smallest absolute Gasteiger partial charge is 0.253 e.